The van der Waals surface area contributed by atoms with Gasteiger partial charge in [-0.3, -0.25) is 9.69 Å². The molecule has 2 aromatic carbocycles. The molecule has 0 spiro atoms. The van der Waals surface area contributed by atoms with Crippen molar-refractivity contribution in [1.82, 2.24) is 10.2 Å². The molecule has 4 rings (SSSR count). The second-order valence-electron chi connectivity index (χ2n) is 9.66. The number of amides is 1. The van der Waals surface area contributed by atoms with Crippen LogP contribution in [0.5, 0.6) is 0 Å². The predicted octanol–water partition coefficient (Wildman–Crippen LogP) is 4.81. The van der Waals surface area contributed by atoms with Gasteiger partial charge in [0.15, 0.2) is 0 Å². The van der Waals surface area contributed by atoms with Gasteiger partial charge in [-0.05, 0) is 86.1 Å². The number of likely N-dealkylation sites (tertiary alicyclic amines) is 1. The topological polar surface area (TPSA) is 67.9 Å². The number of hydrogen-bond acceptors (Lipinski definition) is 5. The zero-order chi connectivity index (χ0) is 27.4. The van der Waals surface area contributed by atoms with Gasteiger partial charge in [0.25, 0.3) is 0 Å². The summed E-state index contributed by atoms with van der Waals surface area (Å²) in [5, 5.41) is 2.54. The molecule has 206 valence electrons. The van der Waals surface area contributed by atoms with Crippen molar-refractivity contribution in [2.24, 2.45) is 0 Å². The van der Waals surface area contributed by atoms with Crippen LogP contribution in [0.4, 0.5) is 22.0 Å². The number of carbonyl (C=O) groups is 2. The smallest absolute Gasteiger partial charge is 0.416 e. The Labute approximate surface area is 217 Å². The van der Waals surface area contributed by atoms with Crippen LogP contribution in [0.2, 0.25) is 0 Å². The summed E-state index contributed by atoms with van der Waals surface area (Å²) < 4.78 is 76.7. The Morgan fingerprint density at radius 1 is 1.05 bits per heavy atom. The van der Waals surface area contributed by atoms with E-state index in [4.69, 9.17) is 4.74 Å². The highest BCUT2D eigenvalue weighted by Gasteiger charge is 2.33. The number of hydrogen-bond donors (Lipinski definition) is 1. The summed E-state index contributed by atoms with van der Waals surface area (Å²) in [6, 6.07) is 6.85. The maximum absolute atomic E-state index is 14.0. The number of nitrogens with zero attached hydrogens (tertiary/aromatic N) is 1. The maximum atomic E-state index is 14.0. The molecule has 0 radical (unpaired) electrons. The largest absolute Gasteiger partial charge is 0.465 e. The number of methoxy groups -OCH3 is 1. The molecule has 11 heteroatoms. The van der Waals surface area contributed by atoms with Crippen molar-refractivity contribution in [3.05, 3.63) is 70.3 Å². The normalized spacial score (nSPS) is 21.2. The summed E-state index contributed by atoms with van der Waals surface area (Å²) in [7, 11) is 1.21. The van der Waals surface area contributed by atoms with E-state index in [1.165, 1.54) is 13.2 Å². The lowest BCUT2D eigenvalue weighted by molar-refractivity contribution is -0.139. The number of rotatable bonds is 6. The number of halogens is 5. The minimum Gasteiger partial charge on any atom is -0.465 e. The first kappa shape index (κ1) is 28.0. The molecule has 2 heterocycles. The molecule has 0 bridgehead atoms. The Morgan fingerprint density at radius 2 is 1.79 bits per heavy atom. The van der Waals surface area contributed by atoms with Crippen LogP contribution in [-0.2, 0) is 27.0 Å². The van der Waals surface area contributed by atoms with Crippen molar-refractivity contribution in [1.29, 1.82) is 0 Å². The third-order valence-electron chi connectivity index (χ3n) is 7.21. The van der Waals surface area contributed by atoms with E-state index in [-0.39, 0.29) is 29.6 Å². The van der Waals surface area contributed by atoms with Crippen LogP contribution < -0.4 is 5.32 Å². The zero-order valence-corrected chi connectivity index (χ0v) is 20.8. The van der Waals surface area contributed by atoms with Gasteiger partial charge in [0.2, 0.25) is 5.91 Å². The van der Waals surface area contributed by atoms with E-state index >= 15 is 0 Å². The molecule has 6 nitrogen and oxygen atoms in total. The van der Waals surface area contributed by atoms with Crippen molar-refractivity contribution in [2.45, 2.75) is 56.5 Å². The van der Waals surface area contributed by atoms with E-state index in [0.717, 1.165) is 43.6 Å². The number of benzene rings is 2. The van der Waals surface area contributed by atoms with Crippen molar-refractivity contribution >= 4 is 11.9 Å². The molecule has 1 N–H and O–H groups in total. The Morgan fingerprint density at radius 3 is 2.42 bits per heavy atom. The van der Waals surface area contributed by atoms with E-state index in [2.05, 4.69) is 15.0 Å². The summed E-state index contributed by atoms with van der Waals surface area (Å²) >= 11 is 0. The van der Waals surface area contributed by atoms with Crippen LogP contribution in [0, 0.1) is 11.6 Å². The van der Waals surface area contributed by atoms with Gasteiger partial charge in [0.05, 0.1) is 24.8 Å². The van der Waals surface area contributed by atoms with Gasteiger partial charge in [0, 0.05) is 12.6 Å². The van der Waals surface area contributed by atoms with E-state index < -0.39 is 41.4 Å². The molecule has 1 amide bonds. The van der Waals surface area contributed by atoms with Gasteiger partial charge in [-0.2, -0.15) is 13.2 Å². The SMILES string of the molecule is COC(=O)c1cc(C2CCN([C@@H]3CC[C@H](C(=O)NCc4cc(F)cc(C(F)(F)F)c4)OC3)CC2)ccc1F. The molecule has 0 aromatic heterocycles. The highest BCUT2D eigenvalue weighted by atomic mass is 19.4. The van der Waals surface area contributed by atoms with Crippen molar-refractivity contribution in [2.75, 3.05) is 26.8 Å². The molecule has 0 unspecified atom stereocenters. The van der Waals surface area contributed by atoms with Gasteiger partial charge in [-0.25, -0.2) is 13.6 Å². The third kappa shape index (κ3) is 6.68. The highest BCUT2D eigenvalue weighted by Crippen LogP contribution is 2.32. The van der Waals surface area contributed by atoms with Crippen LogP contribution >= 0.6 is 0 Å². The zero-order valence-electron chi connectivity index (χ0n) is 20.8. The molecule has 2 aliphatic heterocycles. The fourth-order valence-corrected chi connectivity index (χ4v) is 5.11. The lowest BCUT2D eigenvalue weighted by atomic mass is 9.87. The molecular weight excluding hydrogens is 511 g/mol. The predicted molar refractivity (Wildman–Crippen MR) is 127 cm³/mol. The van der Waals surface area contributed by atoms with E-state index in [1.807, 2.05) is 0 Å². The number of esters is 1. The van der Waals surface area contributed by atoms with Crippen LogP contribution in [0.1, 0.15) is 58.6 Å². The monoisotopic (exact) mass is 540 g/mol. The molecular formula is C27H29F5N2O4. The average molecular weight is 541 g/mol. The third-order valence-corrected chi connectivity index (χ3v) is 7.21. The number of carbonyl (C=O) groups excluding carboxylic acids is 2. The molecule has 0 saturated carbocycles. The summed E-state index contributed by atoms with van der Waals surface area (Å²) in [5.74, 6) is -2.61. The first-order chi connectivity index (χ1) is 18.0. The van der Waals surface area contributed by atoms with Crippen molar-refractivity contribution < 1.29 is 41.0 Å². The molecule has 38 heavy (non-hydrogen) atoms. The van der Waals surface area contributed by atoms with Gasteiger partial charge in [0.1, 0.15) is 17.7 Å². The minimum atomic E-state index is -4.68. The second kappa shape index (κ2) is 11.8. The van der Waals surface area contributed by atoms with Gasteiger partial charge in [-0.1, -0.05) is 6.07 Å². The number of alkyl halides is 3. The molecule has 2 atom stereocenters. The summed E-state index contributed by atoms with van der Waals surface area (Å²) in [5.41, 5.74) is -0.271. The molecule has 2 saturated heterocycles. The summed E-state index contributed by atoms with van der Waals surface area (Å²) in [6.45, 7) is 1.66. The van der Waals surface area contributed by atoms with Gasteiger partial charge in [-0.15, -0.1) is 0 Å². The Hall–Kier alpha value is -3.05. The number of nitrogens with one attached hydrogen (secondary N) is 1. The van der Waals surface area contributed by atoms with E-state index in [1.54, 1.807) is 12.1 Å². The lowest BCUT2D eigenvalue weighted by Gasteiger charge is -2.40. The van der Waals surface area contributed by atoms with Crippen LogP contribution in [0.3, 0.4) is 0 Å². The van der Waals surface area contributed by atoms with Crippen LogP contribution in [0.15, 0.2) is 36.4 Å². The fraction of sp³-hybridized carbons (Fsp3) is 0.481. The van der Waals surface area contributed by atoms with Gasteiger partial charge >= 0.3 is 12.1 Å². The number of piperidine rings is 1. The van der Waals surface area contributed by atoms with Crippen LogP contribution in [-0.4, -0.2) is 55.7 Å². The molecule has 0 aliphatic carbocycles. The Balaban J connectivity index is 1.24. The standard InChI is InChI=1S/C27H29F5N2O4/c1-37-26(36)22-12-18(2-4-23(22)29)17-6-8-34(9-7-17)21-3-5-24(38-15-21)25(35)33-14-16-10-19(27(30,31)32)13-20(28)11-16/h2,4,10-13,17,21,24H,3,5-9,14-15H2,1H3,(H,33,35)/t21-,24-/m1/s1. The van der Waals surface area contributed by atoms with E-state index in [9.17, 15) is 31.5 Å². The average Bonchev–Trinajstić information content (AvgIpc) is 2.91. The molecule has 2 aromatic rings. The van der Waals surface area contributed by atoms with Crippen LogP contribution in [0.25, 0.3) is 0 Å². The number of ether oxygens (including phenoxy) is 2. The minimum absolute atomic E-state index is 0.0158. The highest BCUT2D eigenvalue weighted by molar-refractivity contribution is 5.89. The van der Waals surface area contributed by atoms with Crippen molar-refractivity contribution in [3.63, 3.8) is 0 Å². The first-order valence-electron chi connectivity index (χ1n) is 12.4. The van der Waals surface area contributed by atoms with Gasteiger partial charge < -0.3 is 14.8 Å². The summed E-state index contributed by atoms with van der Waals surface area (Å²) in [4.78, 5) is 26.6. The lowest BCUT2D eigenvalue weighted by Crippen LogP contribution is -2.49. The Kier molecular flexibility index (Phi) is 8.67. The maximum Gasteiger partial charge on any atom is 0.416 e. The second-order valence-corrected chi connectivity index (χ2v) is 9.66. The first-order valence-corrected chi connectivity index (χ1v) is 12.4. The van der Waals surface area contributed by atoms with E-state index in [0.29, 0.717) is 25.5 Å². The van der Waals surface area contributed by atoms with Crippen molar-refractivity contribution in [3.8, 4) is 0 Å². The Bertz CT molecular complexity index is 1160. The fourth-order valence-electron chi connectivity index (χ4n) is 5.11. The molecule has 2 fully saturated rings. The molecule has 2 aliphatic rings. The quantitative estimate of drug-likeness (QED) is 0.421. The summed E-state index contributed by atoms with van der Waals surface area (Å²) in [6.07, 6.45) is -2.60.